The molecular weight excluding hydrogens is 516 g/mol. The molecule has 10 heteroatoms. The van der Waals surface area contributed by atoms with Gasteiger partial charge in [-0.15, -0.1) is 0 Å². The third-order valence-electron chi connectivity index (χ3n) is 6.45. The lowest BCUT2D eigenvalue weighted by molar-refractivity contribution is -0.138. The number of aldehydes is 1. The molecule has 1 unspecified atom stereocenters. The number of aryl methyl sites for hydroxylation is 2. The van der Waals surface area contributed by atoms with Crippen molar-refractivity contribution in [3.05, 3.63) is 68.3 Å². The van der Waals surface area contributed by atoms with Crippen LogP contribution < -0.4 is 0 Å². The third kappa shape index (κ3) is 6.41. The van der Waals surface area contributed by atoms with Crippen molar-refractivity contribution in [2.45, 2.75) is 32.4 Å². The summed E-state index contributed by atoms with van der Waals surface area (Å²) in [6.07, 6.45) is -2.09. The number of hydrogen-bond acceptors (Lipinski definition) is 3. The summed E-state index contributed by atoms with van der Waals surface area (Å²) in [5, 5.41) is 9.83. The Hall–Kier alpha value is -2.55. The van der Waals surface area contributed by atoms with Crippen LogP contribution in [0.4, 0.5) is 13.2 Å². The molecule has 0 saturated carbocycles. The molecule has 1 atom stereocenters. The summed E-state index contributed by atoms with van der Waals surface area (Å²) in [7, 11) is 3.73. The molecule has 0 spiro atoms. The SMILES string of the molecule is CN1CCC(CC(=O)O)C1.Cc1cc(C(F)(F)F)cc2c1cc(Cc1c(Cl)ccc(C=O)c1Cl)n2C. The molecule has 2 aromatic carbocycles. The second-order valence-electron chi connectivity index (χ2n) is 9.16. The molecule has 1 aliphatic rings. The fourth-order valence-electron chi connectivity index (χ4n) is 4.49. The molecule has 4 rings (SSSR count). The van der Waals surface area contributed by atoms with Crippen molar-refractivity contribution in [2.24, 2.45) is 13.0 Å². The molecule has 1 aliphatic heterocycles. The molecule has 2 heterocycles. The van der Waals surface area contributed by atoms with Gasteiger partial charge in [-0.2, -0.15) is 13.2 Å². The number of carboxylic acids is 1. The highest BCUT2D eigenvalue weighted by molar-refractivity contribution is 6.37. The third-order valence-corrected chi connectivity index (χ3v) is 7.25. The van der Waals surface area contributed by atoms with E-state index in [0.29, 0.717) is 52.3 Å². The Morgan fingerprint density at radius 3 is 2.44 bits per heavy atom. The summed E-state index contributed by atoms with van der Waals surface area (Å²) in [5.74, 6) is -0.275. The van der Waals surface area contributed by atoms with Gasteiger partial charge in [0.2, 0.25) is 0 Å². The van der Waals surface area contributed by atoms with Crippen molar-refractivity contribution < 1.29 is 27.9 Å². The smallest absolute Gasteiger partial charge is 0.416 e. The summed E-state index contributed by atoms with van der Waals surface area (Å²) in [5.41, 5.74) is 1.96. The fourth-order valence-corrected chi connectivity index (χ4v) is 5.04. The van der Waals surface area contributed by atoms with Crippen molar-refractivity contribution in [1.29, 1.82) is 0 Å². The zero-order valence-electron chi connectivity index (χ0n) is 20.1. The predicted octanol–water partition coefficient (Wildman–Crippen LogP) is 6.63. The second kappa shape index (κ2) is 11.2. The molecule has 1 fully saturated rings. The lowest BCUT2D eigenvalue weighted by Crippen LogP contribution is -2.15. The molecule has 0 amide bonds. The highest BCUT2D eigenvalue weighted by Crippen LogP contribution is 2.36. The van der Waals surface area contributed by atoms with Crippen molar-refractivity contribution in [3.63, 3.8) is 0 Å². The van der Waals surface area contributed by atoms with Gasteiger partial charge in [0.05, 0.1) is 10.6 Å². The lowest BCUT2D eigenvalue weighted by atomic mass is 10.0. The number of hydrogen-bond donors (Lipinski definition) is 1. The molecule has 1 N–H and O–H groups in total. The van der Waals surface area contributed by atoms with E-state index in [0.717, 1.165) is 42.7 Å². The van der Waals surface area contributed by atoms with E-state index in [4.69, 9.17) is 28.3 Å². The van der Waals surface area contributed by atoms with Gasteiger partial charge in [-0.05, 0) is 74.3 Å². The van der Waals surface area contributed by atoms with Gasteiger partial charge in [0.15, 0.2) is 6.29 Å². The van der Waals surface area contributed by atoms with E-state index in [1.807, 2.05) is 13.1 Å². The quantitative estimate of drug-likeness (QED) is 0.367. The van der Waals surface area contributed by atoms with E-state index in [9.17, 15) is 22.8 Å². The van der Waals surface area contributed by atoms with E-state index in [1.165, 1.54) is 6.07 Å². The van der Waals surface area contributed by atoms with Gasteiger partial charge in [0.25, 0.3) is 0 Å². The van der Waals surface area contributed by atoms with Crippen LogP contribution in [0.2, 0.25) is 10.0 Å². The molecule has 194 valence electrons. The number of fused-ring (bicyclic) bond motifs is 1. The van der Waals surface area contributed by atoms with E-state index < -0.39 is 17.7 Å². The summed E-state index contributed by atoms with van der Waals surface area (Å²) in [6.45, 7) is 3.65. The van der Waals surface area contributed by atoms with Gasteiger partial charge in [-0.1, -0.05) is 23.2 Å². The second-order valence-corrected chi connectivity index (χ2v) is 9.94. The molecule has 0 aliphatic carbocycles. The molecule has 0 bridgehead atoms. The number of benzene rings is 2. The highest BCUT2D eigenvalue weighted by atomic mass is 35.5. The molecule has 3 aromatic rings. The van der Waals surface area contributed by atoms with Gasteiger partial charge in [0, 0.05) is 53.6 Å². The topological polar surface area (TPSA) is 62.5 Å². The van der Waals surface area contributed by atoms with Crippen molar-refractivity contribution in [3.8, 4) is 0 Å². The van der Waals surface area contributed by atoms with Crippen LogP contribution in [-0.2, 0) is 24.4 Å². The number of halogens is 5. The number of likely N-dealkylation sites (tertiary alicyclic amines) is 1. The summed E-state index contributed by atoms with van der Waals surface area (Å²) < 4.78 is 41.0. The summed E-state index contributed by atoms with van der Waals surface area (Å²) >= 11 is 12.5. The zero-order chi connectivity index (χ0) is 26.8. The summed E-state index contributed by atoms with van der Waals surface area (Å²) in [6, 6.07) is 7.21. The first-order valence-electron chi connectivity index (χ1n) is 11.3. The maximum absolute atomic E-state index is 13.1. The maximum Gasteiger partial charge on any atom is 0.416 e. The molecular formula is C26H27Cl2F3N2O3. The number of alkyl halides is 3. The van der Waals surface area contributed by atoms with Crippen molar-refractivity contribution >= 4 is 46.4 Å². The van der Waals surface area contributed by atoms with Crippen LogP contribution in [0.1, 0.15) is 45.6 Å². The molecule has 36 heavy (non-hydrogen) atoms. The lowest BCUT2D eigenvalue weighted by Gasteiger charge is -2.11. The van der Waals surface area contributed by atoms with Crippen LogP contribution in [0.3, 0.4) is 0 Å². The van der Waals surface area contributed by atoms with Crippen LogP contribution in [0.25, 0.3) is 10.9 Å². The first-order chi connectivity index (χ1) is 16.8. The van der Waals surface area contributed by atoms with Crippen LogP contribution in [0, 0.1) is 12.8 Å². The Labute approximate surface area is 217 Å². The number of carboxylic acid groups (broad SMARTS) is 1. The molecule has 1 aromatic heterocycles. The summed E-state index contributed by atoms with van der Waals surface area (Å²) in [4.78, 5) is 23.5. The van der Waals surface area contributed by atoms with Gasteiger partial charge in [-0.25, -0.2) is 0 Å². The average Bonchev–Trinajstić information content (AvgIpc) is 3.33. The van der Waals surface area contributed by atoms with E-state index >= 15 is 0 Å². The Balaban J connectivity index is 0.000000303. The number of aromatic nitrogens is 1. The number of carbonyl (C=O) groups excluding carboxylic acids is 1. The highest BCUT2D eigenvalue weighted by Gasteiger charge is 2.31. The van der Waals surface area contributed by atoms with Crippen LogP contribution in [-0.4, -0.2) is 47.0 Å². The molecule has 5 nitrogen and oxygen atoms in total. The van der Waals surface area contributed by atoms with Gasteiger partial charge in [-0.3, -0.25) is 9.59 Å². The zero-order valence-corrected chi connectivity index (χ0v) is 21.6. The Kier molecular flexibility index (Phi) is 8.75. The number of aliphatic carboxylic acids is 1. The monoisotopic (exact) mass is 542 g/mol. The average molecular weight is 543 g/mol. The molecule has 1 saturated heterocycles. The standard InChI is InChI=1S/C19H14Cl2F3NO.C7H13NO2/c1-10-5-12(19(22,23)24)6-17-14(10)7-13(25(17)2)8-15-16(20)4-3-11(9-26)18(15)21;1-8-3-2-6(5-8)4-7(9)10/h3-7,9H,8H2,1-2H3;6H,2-5H2,1H3,(H,9,10). The predicted molar refractivity (Wildman–Crippen MR) is 135 cm³/mol. The van der Waals surface area contributed by atoms with E-state index in [1.54, 1.807) is 24.6 Å². The minimum atomic E-state index is -4.41. The van der Waals surface area contributed by atoms with Crippen molar-refractivity contribution in [1.82, 2.24) is 9.47 Å². The van der Waals surface area contributed by atoms with Gasteiger partial charge >= 0.3 is 12.1 Å². The minimum absolute atomic E-state index is 0.255. The first kappa shape index (κ1) is 28.0. The Morgan fingerprint density at radius 1 is 1.19 bits per heavy atom. The molecule has 0 radical (unpaired) electrons. The first-order valence-corrected chi connectivity index (χ1v) is 12.1. The van der Waals surface area contributed by atoms with Gasteiger partial charge < -0.3 is 14.6 Å². The fraction of sp³-hybridized carbons (Fsp3) is 0.385. The Bertz CT molecular complexity index is 1290. The maximum atomic E-state index is 13.1. The van der Waals surface area contributed by atoms with Crippen LogP contribution in [0.5, 0.6) is 0 Å². The van der Waals surface area contributed by atoms with E-state index in [2.05, 4.69) is 4.90 Å². The number of carbonyl (C=O) groups is 2. The number of rotatable bonds is 5. The normalized spacial score (nSPS) is 16.2. The largest absolute Gasteiger partial charge is 0.481 e. The number of nitrogens with zero attached hydrogens (tertiary/aromatic N) is 2. The van der Waals surface area contributed by atoms with Crippen LogP contribution >= 0.6 is 23.2 Å². The Morgan fingerprint density at radius 2 is 1.89 bits per heavy atom. The van der Waals surface area contributed by atoms with E-state index in [-0.39, 0.29) is 5.02 Å². The van der Waals surface area contributed by atoms with Crippen LogP contribution in [0.15, 0.2) is 30.3 Å². The van der Waals surface area contributed by atoms with Gasteiger partial charge in [0.1, 0.15) is 0 Å². The van der Waals surface area contributed by atoms with Crippen molar-refractivity contribution in [2.75, 3.05) is 20.1 Å². The minimum Gasteiger partial charge on any atom is -0.481 e.